The van der Waals surface area contributed by atoms with Crippen molar-refractivity contribution in [1.82, 2.24) is 0 Å². The molecule has 29 heavy (non-hydrogen) atoms. The van der Waals surface area contributed by atoms with Crippen LogP contribution in [0.15, 0.2) is 41.3 Å². The summed E-state index contributed by atoms with van der Waals surface area (Å²) in [6.45, 7) is 0. The molecule has 3 nitrogen and oxygen atoms in total. The average Bonchev–Trinajstić information content (AvgIpc) is 2.66. The van der Waals surface area contributed by atoms with E-state index in [1.165, 1.54) is 0 Å². The number of rotatable bonds is 3. The van der Waals surface area contributed by atoms with Gasteiger partial charge in [0, 0.05) is 11.1 Å². The van der Waals surface area contributed by atoms with Gasteiger partial charge >= 0.3 is 0 Å². The molecule has 0 atom stereocenters. The lowest BCUT2D eigenvalue weighted by Crippen LogP contribution is -2.11. The SMILES string of the molecule is NS(=O)(=O)c1ccc(-c2c(F)c(F)c(F)c(F)c2-c2cc(F)c(F)c(F)c2)cc1. The summed E-state index contributed by atoms with van der Waals surface area (Å²) in [4.78, 5) is -0.426. The maximum Gasteiger partial charge on any atom is 0.238 e. The number of hydrogen-bond donors (Lipinski definition) is 1. The highest BCUT2D eigenvalue weighted by molar-refractivity contribution is 7.89. The summed E-state index contributed by atoms with van der Waals surface area (Å²) in [6, 6.07) is 4.09. The van der Waals surface area contributed by atoms with E-state index in [0.29, 0.717) is 0 Å². The zero-order valence-electron chi connectivity index (χ0n) is 13.9. The first-order valence-electron chi connectivity index (χ1n) is 7.57. The summed E-state index contributed by atoms with van der Waals surface area (Å²) >= 11 is 0. The summed E-state index contributed by atoms with van der Waals surface area (Å²) in [6.07, 6.45) is 0. The second-order valence-electron chi connectivity index (χ2n) is 5.83. The third-order valence-electron chi connectivity index (χ3n) is 4.01. The van der Waals surface area contributed by atoms with Gasteiger partial charge in [0.05, 0.1) is 4.90 Å². The van der Waals surface area contributed by atoms with Gasteiger partial charge < -0.3 is 0 Å². The molecule has 0 fully saturated rings. The van der Waals surface area contributed by atoms with Gasteiger partial charge in [-0.3, -0.25) is 0 Å². The van der Waals surface area contributed by atoms with Gasteiger partial charge in [0.25, 0.3) is 0 Å². The molecule has 0 saturated heterocycles. The zero-order chi connectivity index (χ0) is 21.7. The van der Waals surface area contributed by atoms with Crippen molar-refractivity contribution in [2.75, 3.05) is 0 Å². The largest absolute Gasteiger partial charge is 0.238 e. The lowest BCUT2D eigenvalue weighted by molar-refractivity contribution is 0.412. The van der Waals surface area contributed by atoms with E-state index in [0.717, 1.165) is 24.3 Å². The third kappa shape index (κ3) is 3.58. The molecule has 0 aliphatic carbocycles. The fraction of sp³-hybridized carbons (Fsp3) is 0. The molecule has 0 aromatic heterocycles. The average molecular weight is 435 g/mol. The fourth-order valence-corrected chi connectivity index (χ4v) is 3.20. The van der Waals surface area contributed by atoms with Gasteiger partial charge in [-0.25, -0.2) is 44.3 Å². The predicted octanol–water partition coefficient (Wildman–Crippen LogP) is 4.64. The van der Waals surface area contributed by atoms with Gasteiger partial charge in [0.15, 0.2) is 40.7 Å². The molecule has 0 spiro atoms. The van der Waals surface area contributed by atoms with Crippen molar-refractivity contribution in [2.45, 2.75) is 4.90 Å². The molecule has 0 saturated carbocycles. The van der Waals surface area contributed by atoms with Gasteiger partial charge in [-0.05, 0) is 35.4 Å². The molecule has 3 aromatic carbocycles. The standard InChI is InChI=1S/C18H8F7NO2S/c19-10-5-8(6-11(20)14(10)21)13-12(15(22)17(24)18(25)16(13)23)7-1-3-9(4-2-7)29(26,27)28/h1-6H,(H2,26,27,28). The van der Waals surface area contributed by atoms with E-state index in [9.17, 15) is 39.2 Å². The second kappa shape index (κ2) is 7.16. The van der Waals surface area contributed by atoms with Gasteiger partial charge in [-0.2, -0.15) is 0 Å². The highest BCUT2D eigenvalue weighted by atomic mass is 32.2. The van der Waals surface area contributed by atoms with Crippen molar-refractivity contribution in [3.05, 3.63) is 77.1 Å². The monoisotopic (exact) mass is 435 g/mol. The molecule has 0 amide bonds. The van der Waals surface area contributed by atoms with Crippen LogP contribution in [0.3, 0.4) is 0 Å². The van der Waals surface area contributed by atoms with Gasteiger partial charge in [0.1, 0.15) is 0 Å². The summed E-state index contributed by atoms with van der Waals surface area (Å²) in [5.41, 5.74) is -3.25. The molecular formula is C18H8F7NO2S. The smallest absolute Gasteiger partial charge is 0.225 e. The maximum atomic E-state index is 14.5. The van der Waals surface area contributed by atoms with Crippen LogP contribution in [0.25, 0.3) is 22.3 Å². The van der Waals surface area contributed by atoms with E-state index in [4.69, 9.17) is 5.14 Å². The molecule has 2 N–H and O–H groups in total. The number of hydrogen-bond acceptors (Lipinski definition) is 2. The van der Waals surface area contributed by atoms with Crippen LogP contribution in [0.2, 0.25) is 0 Å². The van der Waals surface area contributed by atoms with Crippen molar-refractivity contribution < 1.29 is 39.2 Å². The predicted molar refractivity (Wildman–Crippen MR) is 88.4 cm³/mol. The lowest BCUT2D eigenvalue weighted by atomic mass is 9.92. The number of primary sulfonamides is 1. The van der Waals surface area contributed by atoms with E-state index < -0.39 is 72.3 Å². The Morgan fingerprint density at radius 3 is 1.41 bits per heavy atom. The second-order valence-corrected chi connectivity index (χ2v) is 7.39. The number of sulfonamides is 1. The molecule has 3 aromatic rings. The summed E-state index contributed by atoms with van der Waals surface area (Å²) < 4.78 is 120. The molecule has 3 rings (SSSR count). The molecular weight excluding hydrogens is 427 g/mol. The minimum atomic E-state index is -4.16. The van der Waals surface area contributed by atoms with E-state index in [2.05, 4.69) is 0 Å². The van der Waals surface area contributed by atoms with Crippen LogP contribution in [-0.4, -0.2) is 8.42 Å². The minimum Gasteiger partial charge on any atom is -0.225 e. The summed E-state index contributed by atoms with van der Waals surface area (Å²) in [7, 11) is -4.16. The third-order valence-corrected chi connectivity index (χ3v) is 4.94. The summed E-state index contributed by atoms with van der Waals surface area (Å²) in [5.74, 6) is -13.8. The summed E-state index contributed by atoms with van der Waals surface area (Å²) in [5, 5.41) is 4.92. The molecule has 11 heteroatoms. The first kappa shape index (κ1) is 20.8. The van der Waals surface area contributed by atoms with Crippen LogP contribution in [-0.2, 0) is 10.0 Å². The van der Waals surface area contributed by atoms with Crippen LogP contribution in [0.5, 0.6) is 0 Å². The van der Waals surface area contributed by atoms with Crippen LogP contribution in [0.4, 0.5) is 30.7 Å². The Labute approximate surface area is 159 Å². The quantitative estimate of drug-likeness (QED) is 0.370. The van der Waals surface area contributed by atoms with Crippen LogP contribution in [0, 0.1) is 40.7 Å². The molecule has 0 bridgehead atoms. The fourth-order valence-electron chi connectivity index (χ4n) is 2.68. The van der Waals surface area contributed by atoms with E-state index in [1.54, 1.807) is 0 Å². The minimum absolute atomic E-state index is 0.274. The topological polar surface area (TPSA) is 60.2 Å². The zero-order valence-corrected chi connectivity index (χ0v) is 14.7. The van der Waals surface area contributed by atoms with Crippen LogP contribution < -0.4 is 5.14 Å². The number of nitrogens with two attached hydrogens (primary N) is 1. The molecule has 0 aliphatic rings. The first-order chi connectivity index (χ1) is 13.4. The Kier molecular flexibility index (Phi) is 5.13. The molecule has 0 unspecified atom stereocenters. The Balaban J connectivity index is 2.38. The lowest BCUT2D eigenvalue weighted by Gasteiger charge is -2.15. The van der Waals surface area contributed by atoms with E-state index >= 15 is 0 Å². The highest BCUT2D eigenvalue weighted by Crippen LogP contribution is 2.40. The molecule has 152 valence electrons. The Bertz CT molecular complexity index is 1220. The Hall–Kier alpha value is -2.92. The van der Waals surface area contributed by atoms with Gasteiger partial charge in [-0.1, -0.05) is 12.1 Å². The van der Waals surface area contributed by atoms with Crippen molar-refractivity contribution in [1.29, 1.82) is 0 Å². The van der Waals surface area contributed by atoms with Crippen molar-refractivity contribution in [3.63, 3.8) is 0 Å². The van der Waals surface area contributed by atoms with Crippen molar-refractivity contribution in [3.8, 4) is 22.3 Å². The van der Waals surface area contributed by atoms with Crippen molar-refractivity contribution >= 4 is 10.0 Å². The van der Waals surface area contributed by atoms with Gasteiger partial charge in [0.2, 0.25) is 10.0 Å². The highest BCUT2D eigenvalue weighted by Gasteiger charge is 2.28. The Morgan fingerprint density at radius 1 is 0.586 bits per heavy atom. The van der Waals surface area contributed by atoms with E-state index in [-0.39, 0.29) is 17.7 Å². The number of benzene rings is 3. The van der Waals surface area contributed by atoms with E-state index in [1.807, 2.05) is 0 Å². The maximum absolute atomic E-state index is 14.5. The molecule has 0 aliphatic heterocycles. The first-order valence-corrected chi connectivity index (χ1v) is 9.12. The van der Waals surface area contributed by atoms with Gasteiger partial charge in [-0.15, -0.1) is 0 Å². The van der Waals surface area contributed by atoms with Crippen LogP contribution in [0.1, 0.15) is 0 Å². The Morgan fingerprint density at radius 2 is 1.00 bits per heavy atom. The van der Waals surface area contributed by atoms with Crippen molar-refractivity contribution in [2.24, 2.45) is 5.14 Å². The molecule has 0 heterocycles. The van der Waals surface area contributed by atoms with Crippen LogP contribution >= 0.6 is 0 Å². The molecule has 0 radical (unpaired) electrons. The number of halogens is 7. The normalized spacial score (nSPS) is 11.7.